The molecular formula is C16H18BrFN2. The maximum atomic E-state index is 13.2. The van der Waals surface area contributed by atoms with Crippen LogP contribution in [0.3, 0.4) is 0 Å². The fourth-order valence-corrected chi connectivity index (χ4v) is 2.75. The third-order valence-electron chi connectivity index (χ3n) is 3.12. The second-order valence-corrected chi connectivity index (χ2v) is 5.55. The van der Waals surface area contributed by atoms with Crippen molar-refractivity contribution in [2.45, 2.75) is 25.8 Å². The van der Waals surface area contributed by atoms with Crippen LogP contribution in [-0.4, -0.2) is 11.5 Å². The summed E-state index contributed by atoms with van der Waals surface area (Å²) in [5.74, 6) is -0.229. The van der Waals surface area contributed by atoms with Crippen LogP contribution in [0.5, 0.6) is 0 Å². The minimum atomic E-state index is -0.229. The Labute approximate surface area is 127 Å². The third kappa shape index (κ3) is 4.12. The average molecular weight is 337 g/mol. The zero-order valence-electron chi connectivity index (χ0n) is 11.4. The molecule has 1 unspecified atom stereocenters. The van der Waals surface area contributed by atoms with Crippen molar-refractivity contribution in [1.82, 2.24) is 10.3 Å². The van der Waals surface area contributed by atoms with Crippen LogP contribution in [0, 0.1) is 5.82 Å². The summed E-state index contributed by atoms with van der Waals surface area (Å²) in [5.41, 5.74) is 2.09. The van der Waals surface area contributed by atoms with Crippen LogP contribution >= 0.6 is 15.9 Å². The highest BCUT2D eigenvalue weighted by molar-refractivity contribution is 9.10. The van der Waals surface area contributed by atoms with Gasteiger partial charge in [0.05, 0.1) is 0 Å². The lowest BCUT2D eigenvalue weighted by Crippen LogP contribution is -2.24. The number of benzene rings is 1. The number of pyridine rings is 1. The molecule has 20 heavy (non-hydrogen) atoms. The molecule has 0 saturated carbocycles. The highest BCUT2D eigenvalue weighted by Crippen LogP contribution is 2.26. The lowest BCUT2D eigenvalue weighted by atomic mass is 10.0. The first kappa shape index (κ1) is 15.1. The molecule has 1 aromatic carbocycles. The normalized spacial score (nSPS) is 12.3. The summed E-state index contributed by atoms with van der Waals surface area (Å²) in [6.07, 6.45) is 3.63. The van der Waals surface area contributed by atoms with Crippen molar-refractivity contribution >= 4 is 15.9 Å². The van der Waals surface area contributed by atoms with Gasteiger partial charge in [0.25, 0.3) is 0 Å². The maximum Gasteiger partial charge on any atom is 0.124 e. The molecular weight excluding hydrogens is 319 g/mol. The first-order chi connectivity index (χ1) is 9.70. The number of nitrogens with zero attached hydrogens (tertiary/aromatic N) is 1. The van der Waals surface area contributed by atoms with Gasteiger partial charge in [-0.3, -0.25) is 4.98 Å². The van der Waals surface area contributed by atoms with Crippen LogP contribution in [-0.2, 0) is 6.42 Å². The highest BCUT2D eigenvalue weighted by Gasteiger charge is 2.15. The van der Waals surface area contributed by atoms with Crippen molar-refractivity contribution in [2.75, 3.05) is 6.54 Å². The SMILES string of the molecule is CCCNC(Cc1ccccn1)c1ccc(F)cc1Br. The van der Waals surface area contributed by atoms with Crippen molar-refractivity contribution in [3.63, 3.8) is 0 Å². The predicted molar refractivity (Wildman–Crippen MR) is 83.1 cm³/mol. The van der Waals surface area contributed by atoms with Crippen LogP contribution in [0.2, 0.25) is 0 Å². The topological polar surface area (TPSA) is 24.9 Å². The highest BCUT2D eigenvalue weighted by atomic mass is 79.9. The summed E-state index contributed by atoms with van der Waals surface area (Å²) in [6.45, 7) is 3.05. The molecule has 0 saturated heterocycles. The van der Waals surface area contributed by atoms with Crippen LogP contribution in [0.4, 0.5) is 4.39 Å². The minimum Gasteiger partial charge on any atom is -0.310 e. The van der Waals surface area contributed by atoms with Crippen LogP contribution in [0.15, 0.2) is 47.1 Å². The van der Waals surface area contributed by atoms with Gasteiger partial charge < -0.3 is 5.32 Å². The lowest BCUT2D eigenvalue weighted by Gasteiger charge is -2.20. The number of nitrogens with one attached hydrogen (secondary N) is 1. The fourth-order valence-electron chi connectivity index (χ4n) is 2.12. The molecule has 0 aliphatic rings. The molecule has 1 aromatic heterocycles. The Hall–Kier alpha value is -1.26. The predicted octanol–water partition coefficient (Wildman–Crippen LogP) is 4.27. The van der Waals surface area contributed by atoms with Gasteiger partial charge in [-0.05, 0) is 42.8 Å². The molecule has 0 fully saturated rings. The Kier molecular flexibility index (Phi) is 5.68. The van der Waals surface area contributed by atoms with Gasteiger partial charge >= 0.3 is 0 Å². The Morgan fingerprint density at radius 3 is 2.80 bits per heavy atom. The van der Waals surface area contributed by atoms with Gasteiger partial charge in [0.1, 0.15) is 5.82 Å². The molecule has 1 N–H and O–H groups in total. The van der Waals surface area contributed by atoms with Gasteiger partial charge in [-0.2, -0.15) is 0 Å². The zero-order chi connectivity index (χ0) is 14.4. The lowest BCUT2D eigenvalue weighted by molar-refractivity contribution is 0.521. The van der Waals surface area contributed by atoms with E-state index in [2.05, 4.69) is 33.2 Å². The molecule has 1 atom stereocenters. The number of aromatic nitrogens is 1. The summed E-state index contributed by atoms with van der Waals surface area (Å²) < 4.78 is 14.0. The van der Waals surface area contributed by atoms with Gasteiger partial charge in [0.15, 0.2) is 0 Å². The standard InChI is InChI=1S/C16H18BrFN2/c1-2-8-20-16(11-13-5-3-4-9-19-13)14-7-6-12(18)10-15(14)17/h3-7,9-10,16,20H,2,8,11H2,1H3. The van der Waals surface area contributed by atoms with E-state index in [0.29, 0.717) is 0 Å². The molecule has 0 spiro atoms. The summed E-state index contributed by atoms with van der Waals surface area (Å²) in [6, 6.07) is 10.9. The molecule has 2 nitrogen and oxygen atoms in total. The molecule has 0 amide bonds. The molecule has 0 radical (unpaired) electrons. The van der Waals surface area contributed by atoms with E-state index in [4.69, 9.17) is 0 Å². The molecule has 0 aliphatic carbocycles. The van der Waals surface area contributed by atoms with Crippen LogP contribution in [0.25, 0.3) is 0 Å². The average Bonchev–Trinajstić information content (AvgIpc) is 2.45. The van der Waals surface area contributed by atoms with Crippen LogP contribution in [0.1, 0.15) is 30.6 Å². The van der Waals surface area contributed by atoms with E-state index in [-0.39, 0.29) is 11.9 Å². The molecule has 0 bridgehead atoms. The number of hydrogen-bond donors (Lipinski definition) is 1. The van der Waals surface area contributed by atoms with Gasteiger partial charge in [-0.1, -0.05) is 35.0 Å². The summed E-state index contributed by atoms with van der Waals surface area (Å²) in [5, 5.41) is 3.50. The second-order valence-electron chi connectivity index (χ2n) is 4.70. The first-order valence-electron chi connectivity index (χ1n) is 6.79. The van der Waals surface area contributed by atoms with E-state index in [1.54, 1.807) is 6.20 Å². The summed E-state index contributed by atoms with van der Waals surface area (Å²) >= 11 is 3.45. The molecule has 1 heterocycles. The minimum absolute atomic E-state index is 0.125. The van der Waals surface area contributed by atoms with E-state index >= 15 is 0 Å². The Morgan fingerprint density at radius 2 is 2.15 bits per heavy atom. The van der Waals surface area contributed by atoms with Crippen molar-refractivity contribution in [1.29, 1.82) is 0 Å². The van der Waals surface area contributed by atoms with Crippen molar-refractivity contribution in [3.8, 4) is 0 Å². The quantitative estimate of drug-likeness (QED) is 0.852. The molecule has 106 valence electrons. The van der Waals surface area contributed by atoms with E-state index in [1.165, 1.54) is 12.1 Å². The van der Waals surface area contributed by atoms with Gasteiger partial charge in [-0.25, -0.2) is 4.39 Å². The largest absolute Gasteiger partial charge is 0.310 e. The first-order valence-corrected chi connectivity index (χ1v) is 7.58. The zero-order valence-corrected chi connectivity index (χ0v) is 13.0. The molecule has 0 aliphatic heterocycles. The van der Waals surface area contributed by atoms with E-state index in [1.807, 2.05) is 24.3 Å². The number of halogens is 2. The molecule has 4 heteroatoms. The van der Waals surface area contributed by atoms with Crippen LogP contribution < -0.4 is 5.32 Å². The monoisotopic (exact) mass is 336 g/mol. The van der Waals surface area contributed by atoms with E-state index in [9.17, 15) is 4.39 Å². The Morgan fingerprint density at radius 1 is 1.30 bits per heavy atom. The van der Waals surface area contributed by atoms with Crippen molar-refractivity contribution in [3.05, 3.63) is 64.1 Å². The second kappa shape index (κ2) is 7.50. The van der Waals surface area contributed by atoms with E-state index < -0.39 is 0 Å². The Balaban J connectivity index is 2.22. The molecule has 2 rings (SSSR count). The van der Waals surface area contributed by atoms with E-state index in [0.717, 1.165) is 35.1 Å². The number of rotatable bonds is 6. The van der Waals surface area contributed by atoms with Crippen molar-refractivity contribution in [2.24, 2.45) is 0 Å². The summed E-state index contributed by atoms with van der Waals surface area (Å²) in [4.78, 5) is 4.37. The smallest absolute Gasteiger partial charge is 0.124 e. The van der Waals surface area contributed by atoms with Gasteiger partial charge in [-0.15, -0.1) is 0 Å². The molecule has 2 aromatic rings. The Bertz CT molecular complexity index is 545. The van der Waals surface area contributed by atoms with Crippen molar-refractivity contribution < 1.29 is 4.39 Å². The summed E-state index contributed by atoms with van der Waals surface area (Å²) in [7, 11) is 0. The maximum absolute atomic E-state index is 13.2. The van der Waals surface area contributed by atoms with Gasteiger partial charge in [0.2, 0.25) is 0 Å². The fraction of sp³-hybridized carbons (Fsp3) is 0.312. The van der Waals surface area contributed by atoms with Gasteiger partial charge in [0, 0.05) is 28.8 Å². The number of hydrogen-bond acceptors (Lipinski definition) is 2. The third-order valence-corrected chi connectivity index (χ3v) is 3.80.